The number of fused-ring (bicyclic) bond motifs is 1. The molecule has 0 saturated carbocycles. The van der Waals surface area contributed by atoms with Gasteiger partial charge in [0.15, 0.2) is 11.3 Å². The lowest BCUT2D eigenvalue weighted by Gasteiger charge is -2.18. The first-order chi connectivity index (χ1) is 17.5. The number of aliphatic carboxylic acids is 2. The van der Waals surface area contributed by atoms with E-state index < -0.39 is 54.0 Å². The molecular formula is C19H27N9O8S. The summed E-state index contributed by atoms with van der Waals surface area (Å²) >= 11 is 1.27. The highest BCUT2D eigenvalue weighted by molar-refractivity contribution is 7.99. The number of nitrogens with two attached hydrogens (primary N) is 1. The third-order valence-electron chi connectivity index (χ3n) is 4.81. The summed E-state index contributed by atoms with van der Waals surface area (Å²) in [6.07, 6.45) is 1.28. The number of carboxylic acids is 2. The second kappa shape index (κ2) is 13.9. The molecule has 202 valence electrons. The number of carbonyl (C=O) groups is 5. The first-order valence-corrected chi connectivity index (χ1v) is 12.1. The second-order valence-electron chi connectivity index (χ2n) is 7.68. The molecule has 0 fully saturated rings. The van der Waals surface area contributed by atoms with Crippen LogP contribution in [-0.4, -0.2) is 101 Å². The van der Waals surface area contributed by atoms with Gasteiger partial charge in [-0.25, -0.2) is 14.2 Å². The minimum Gasteiger partial charge on any atom is -0.480 e. The van der Waals surface area contributed by atoms with Crippen molar-refractivity contribution < 1.29 is 34.2 Å². The lowest BCUT2D eigenvalue weighted by Crippen LogP contribution is -2.49. The van der Waals surface area contributed by atoms with Gasteiger partial charge in [-0.3, -0.25) is 24.0 Å². The van der Waals surface area contributed by atoms with Crippen molar-refractivity contribution in [2.24, 2.45) is 12.8 Å². The Kier molecular flexibility index (Phi) is 10.9. The van der Waals surface area contributed by atoms with Crippen molar-refractivity contribution in [2.45, 2.75) is 31.3 Å². The molecule has 0 radical (unpaired) electrons. The summed E-state index contributed by atoms with van der Waals surface area (Å²) < 4.78 is 2.09. The predicted octanol–water partition coefficient (Wildman–Crippen LogP) is -3.45. The van der Waals surface area contributed by atoms with E-state index in [1.165, 1.54) is 25.1 Å². The Bertz CT molecular complexity index is 1210. The third-order valence-corrected chi connectivity index (χ3v) is 5.96. The molecule has 0 aliphatic carbocycles. The summed E-state index contributed by atoms with van der Waals surface area (Å²) in [6.45, 7) is -0.399. The number of rotatable bonds is 15. The van der Waals surface area contributed by atoms with Crippen LogP contribution in [0.25, 0.3) is 5.65 Å². The van der Waals surface area contributed by atoms with Gasteiger partial charge in [0.2, 0.25) is 11.8 Å². The van der Waals surface area contributed by atoms with Gasteiger partial charge in [0.05, 0.1) is 0 Å². The first kappa shape index (κ1) is 29.2. The van der Waals surface area contributed by atoms with Crippen molar-refractivity contribution >= 4 is 47.1 Å². The van der Waals surface area contributed by atoms with Gasteiger partial charge in [0, 0.05) is 25.8 Å². The SMILES string of the molecule is Cn1nnc2c(C(=O)NCCCSC[C@H](NC(=O)CC[C@H](N)C(=O)O)C(=O)NCC(=O)O)ncn2c1=O. The van der Waals surface area contributed by atoms with Gasteiger partial charge in [-0.2, -0.15) is 16.4 Å². The van der Waals surface area contributed by atoms with E-state index in [0.29, 0.717) is 12.2 Å². The zero-order chi connectivity index (χ0) is 27.5. The molecule has 2 atom stereocenters. The summed E-state index contributed by atoms with van der Waals surface area (Å²) in [5.41, 5.74) is 4.82. The minimum atomic E-state index is -1.26. The Hall–Kier alpha value is -4.06. The Morgan fingerprint density at radius 1 is 1.19 bits per heavy atom. The van der Waals surface area contributed by atoms with Gasteiger partial charge >= 0.3 is 17.6 Å². The maximum atomic E-state index is 12.4. The molecule has 0 bridgehead atoms. The van der Waals surface area contributed by atoms with Crippen molar-refractivity contribution in [3.8, 4) is 0 Å². The average molecular weight is 542 g/mol. The molecule has 3 amide bonds. The fourth-order valence-electron chi connectivity index (χ4n) is 2.85. The van der Waals surface area contributed by atoms with E-state index in [0.717, 1.165) is 9.08 Å². The molecule has 18 heteroatoms. The van der Waals surface area contributed by atoms with Crippen molar-refractivity contribution in [2.75, 3.05) is 24.6 Å². The number of hydrogen-bond acceptors (Lipinski definition) is 11. The largest absolute Gasteiger partial charge is 0.480 e. The fraction of sp³-hybridized carbons (Fsp3) is 0.526. The molecule has 2 rings (SSSR count). The number of nitrogens with one attached hydrogen (secondary N) is 3. The molecule has 37 heavy (non-hydrogen) atoms. The van der Waals surface area contributed by atoms with Crippen LogP contribution in [0.5, 0.6) is 0 Å². The van der Waals surface area contributed by atoms with Crippen LogP contribution in [0.15, 0.2) is 11.1 Å². The topological polar surface area (TPSA) is 253 Å². The van der Waals surface area contributed by atoms with Crippen LogP contribution in [-0.2, 0) is 26.2 Å². The molecule has 0 aliphatic heterocycles. The summed E-state index contributed by atoms with van der Waals surface area (Å²) in [5, 5.41) is 32.3. The molecule has 0 unspecified atom stereocenters. The number of nitrogens with zero attached hydrogens (tertiary/aromatic N) is 5. The average Bonchev–Trinajstić information content (AvgIpc) is 3.29. The first-order valence-electron chi connectivity index (χ1n) is 10.9. The number of imidazole rings is 1. The molecule has 2 aromatic rings. The number of aryl methyl sites for hydroxylation is 1. The molecule has 0 saturated heterocycles. The number of carboxylic acid groups (broad SMARTS) is 2. The second-order valence-corrected chi connectivity index (χ2v) is 8.83. The monoisotopic (exact) mass is 541 g/mol. The Morgan fingerprint density at radius 3 is 2.59 bits per heavy atom. The Balaban J connectivity index is 1.81. The van der Waals surface area contributed by atoms with Crippen LogP contribution < -0.4 is 27.4 Å². The van der Waals surface area contributed by atoms with Gasteiger partial charge in [-0.1, -0.05) is 5.21 Å². The van der Waals surface area contributed by atoms with E-state index in [2.05, 4.69) is 31.2 Å². The molecule has 7 N–H and O–H groups in total. The molecule has 2 aromatic heterocycles. The van der Waals surface area contributed by atoms with Crippen LogP contribution in [0.3, 0.4) is 0 Å². The highest BCUT2D eigenvalue weighted by atomic mass is 32.2. The van der Waals surface area contributed by atoms with E-state index in [-0.39, 0.29) is 36.5 Å². The van der Waals surface area contributed by atoms with Gasteiger partial charge in [-0.15, -0.1) is 5.10 Å². The van der Waals surface area contributed by atoms with Crippen molar-refractivity contribution in [3.63, 3.8) is 0 Å². The lowest BCUT2D eigenvalue weighted by atomic mass is 10.1. The van der Waals surface area contributed by atoms with Crippen LogP contribution >= 0.6 is 11.8 Å². The highest BCUT2D eigenvalue weighted by Gasteiger charge is 2.22. The highest BCUT2D eigenvalue weighted by Crippen LogP contribution is 2.07. The smallest absolute Gasteiger partial charge is 0.352 e. The molecular weight excluding hydrogens is 514 g/mol. The minimum absolute atomic E-state index is 0.0187. The molecule has 2 heterocycles. The van der Waals surface area contributed by atoms with Gasteiger partial charge < -0.3 is 31.9 Å². The predicted molar refractivity (Wildman–Crippen MR) is 128 cm³/mol. The molecule has 0 aliphatic rings. The normalized spacial score (nSPS) is 12.5. The quantitative estimate of drug-likeness (QED) is 0.120. The summed E-state index contributed by atoms with van der Waals surface area (Å²) in [4.78, 5) is 74.2. The van der Waals surface area contributed by atoms with E-state index in [1.807, 2.05) is 0 Å². The van der Waals surface area contributed by atoms with Crippen molar-refractivity contribution in [1.82, 2.24) is 40.3 Å². The summed E-state index contributed by atoms with van der Waals surface area (Å²) in [6, 6.07) is -2.29. The Morgan fingerprint density at radius 2 is 1.92 bits per heavy atom. The Labute approximate surface area is 213 Å². The van der Waals surface area contributed by atoms with Crippen molar-refractivity contribution in [3.05, 3.63) is 22.5 Å². The maximum Gasteiger partial charge on any atom is 0.352 e. The van der Waals surface area contributed by atoms with Crippen molar-refractivity contribution in [1.29, 1.82) is 0 Å². The number of thioether (sulfide) groups is 1. The summed E-state index contributed by atoms with van der Waals surface area (Å²) in [7, 11) is 1.41. The molecule has 17 nitrogen and oxygen atoms in total. The van der Waals surface area contributed by atoms with Gasteiger partial charge in [-0.05, 0) is 18.6 Å². The number of hydrogen-bond donors (Lipinski definition) is 6. The zero-order valence-electron chi connectivity index (χ0n) is 19.7. The van der Waals surface area contributed by atoms with Crippen LogP contribution in [0.1, 0.15) is 29.8 Å². The van der Waals surface area contributed by atoms with Crippen LogP contribution in [0.2, 0.25) is 0 Å². The number of aromatic nitrogens is 5. The van der Waals surface area contributed by atoms with E-state index in [1.54, 1.807) is 0 Å². The maximum absolute atomic E-state index is 12.4. The van der Waals surface area contributed by atoms with E-state index in [9.17, 15) is 28.8 Å². The molecule has 0 aromatic carbocycles. The standard InChI is InChI=1S/C19H27N9O8S/c1-27-19(36)28-9-23-14(15(28)25-26-27)17(33)21-5-2-6-37-8-11(16(32)22-7-13(30)31)24-12(29)4-3-10(20)18(34)35/h9-11H,2-8,20H2,1H3,(H,21,33)(H,22,32)(H,24,29)(H,30,31)(H,34,35)/t10-,11-/m0/s1. The van der Waals surface area contributed by atoms with Gasteiger partial charge in [0.25, 0.3) is 5.91 Å². The van der Waals surface area contributed by atoms with Gasteiger partial charge in [0.1, 0.15) is 25.0 Å². The molecule has 0 spiro atoms. The van der Waals surface area contributed by atoms with Crippen LogP contribution in [0.4, 0.5) is 0 Å². The third kappa shape index (κ3) is 8.83. The van der Waals surface area contributed by atoms with Crippen LogP contribution in [0, 0.1) is 0 Å². The number of carbonyl (C=O) groups excluding carboxylic acids is 3. The lowest BCUT2D eigenvalue weighted by molar-refractivity contribution is -0.139. The van der Waals surface area contributed by atoms with E-state index >= 15 is 0 Å². The zero-order valence-corrected chi connectivity index (χ0v) is 20.6. The number of amides is 3. The fourth-order valence-corrected chi connectivity index (χ4v) is 3.83. The van der Waals surface area contributed by atoms with E-state index in [4.69, 9.17) is 15.9 Å². The summed E-state index contributed by atoms with van der Waals surface area (Å²) in [5.74, 6) is -3.82.